The fraction of sp³-hybridized carbons (Fsp3) is 0.417. The van der Waals surface area contributed by atoms with Crippen LogP contribution in [-0.2, 0) is 4.79 Å². The topological polar surface area (TPSA) is 52.7 Å². The molecule has 5 nitrogen and oxygen atoms in total. The van der Waals surface area contributed by atoms with Gasteiger partial charge in [0, 0.05) is 32.4 Å². The van der Waals surface area contributed by atoms with E-state index in [9.17, 15) is 9.59 Å². The fourth-order valence-corrected chi connectivity index (χ4v) is 3.95. The van der Waals surface area contributed by atoms with Gasteiger partial charge in [-0.15, -0.1) is 6.42 Å². The maximum Gasteiger partial charge on any atom is 0.253 e. The summed E-state index contributed by atoms with van der Waals surface area (Å²) in [5.41, 5.74) is 2.31. The lowest BCUT2D eigenvalue weighted by Crippen LogP contribution is -2.36. The molecule has 2 amide bonds. The molecule has 0 aromatic heterocycles. The molecule has 1 saturated carbocycles. The Bertz CT molecular complexity index is 857. The van der Waals surface area contributed by atoms with Crippen molar-refractivity contribution in [1.82, 2.24) is 15.1 Å². The van der Waals surface area contributed by atoms with Gasteiger partial charge in [0.25, 0.3) is 5.91 Å². The summed E-state index contributed by atoms with van der Waals surface area (Å²) in [6, 6.07) is 7.46. The summed E-state index contributed by atoms with van der Waals surface area (Å²) in [6.45, 7) is 0.946. The van der Waals surface area contributed by atoms with E-state index in [1.165, 1.54) is 12.8 Å². The van der Waals surface area contributed by atoms with E-state index in [-0.39, 0.29) is 24.3 Å². The van der Waals surface area contributed by atoms with Gasteiger partial charge in [-0.1, -0.05) is 30.9 Å². The number of hydrogen-bond acceptors (Lipinski definition) is 3. The average molecular weight is 392 g/mol. The summed E-state index contributed by atoms with van der Waals surface area (Å²) in [5.74, 6) is 3.00. The first-order chi connectivity index (χ1) is 14.0. The van der Waals surface area contributed by atoms with Gasteiger partial charge in [0.15, 0.2) is 0 Å². The zero-order chi connectivity index (χ0) is 20.8. The Morgan fingerprint density at radius 3 is 2.76 bits per heavy atom. The Kier molecular flexibility index (Phi) is 6.77. The normalized spacial score (nSPS) is 21.3. The van der Waals surface area contributed by atoms with Crippen molar-refractivity contribution in [2.75, 3.05) is 27.2 Å². The number of nitrogens with one attached hydrogen (secondary N) is 1. The molecule has 3 rings (SSSR count). The molecule has 0 saturated heterocycles. The largest absolute Gasteiger partial charge is 0.382 e. The number of amides is 2. The lowest BCUT2D eigenvalue weighted by molar-refractivity contribution is -0.128. The highest BCUT2D eigenvalue weighted by molar-refractivity contribution is 5.95. The summed E-state index contributed by atoms with van der Waals surface area (Å²) in [7, 11) is 3.46. The van der Waals surface area contributed by atoms with Crippen molar-refractivity contribution in [3.8, 4) is 12.3 Å². The van der Waals surface area contributed by atoms with Crippen LogP contribution in [0.4, 0.5) is 0 Å². The molecule has 1 aliphatic heterocycles. The first-order valence-corrected chi connectivity index (χ1v) is 10.2. The van der Waals surface area contributed by atoms with Crippen molar-refractivity contribution < 1.29 is 9.59 Å². The van der Waals surface area contributed by atoms with Crippen LogP contribution in [0.3, 0.4) is 0 Å². The fourth-order valence-electron chi connectivity index (χ4n) is 3.95. The van der Waals surface area contributed by atoms with Gasteiger partial charge in [0.2, 0.25) is 5.91 Å². The quantitative estimate of drug-likeness (QED) is 0.803. The Hall–Kier alpha value is -3.00. The molecular formula is C24H29N3O2. The van der Waals surface area contributed by atoms with Gasteiger partial charge in [0.05, 0.1) is 12.5 Å². The molecule has 0 bridgehead atoms. The number of carbonyl (C=O) groups is 2. The smallest absolute Gasteiger partial charge is 0.253 e. The second-order valence-corrected chi connectivity index (χ2v) is 7.95. The van der Waals surface area contributed by atoms with Crippen molar-refractivity contribution in [1.29, 1.82) is 0 Å². The number of allylic oxidation sites excluding steroid dienone is 2. The van der Waals surface area contributed by atoms with Crippen LogP contribution >= 0.6 is 0 Å². The number of benzene rings is 1. The van der Waals surface area contributed by atoms with E-state index in [1.807, 2.05) is 35.4 Å². The summed E-state index contributed by atoms with van der Waals surface area (Å²) < 4.78 is 0. The molecule has 2 aliphatic rings. The molecule has 1 aliphatic carbocycles. The minimum Gasteiger partial charge on any atom is -0.382 e. The zero-order valence-electron chi connectivity index (χ0n) is 17.2. The third-order valence-corrected chi connectivity index (χ3v) is 5.57. The molecule has 1 aromatic carbocycles. The van der Waals surface area contributed by atoms with Crippen LogP contribution in [0.15, 0.2) is 42.7 Å². The van der Waals surface area contributed by atoms with E-state index in [4.69, 9.17) is 6.42 Å². The summed E-state index contributed by atoms with van der Waals surface area (Å²) >= 11 is 0. The minimum absolute atomic E-state index is 0.0252. The van der Waals surface area contributed by atoms with Crippen molar-refractivity contribution in [2.45, 2.75) is 25.7 Å². The van der Waals surface area contributed by atoms with Crippen LogP contribution in [0.5, 0.6) is 0 Å². The highest BCUT2D eigenvalue weighted by Crippen LogP contribution is 2.29. The predicted octanol–water partition coefficient (Wildman–Crippen LogP) is 3.11. The van der Waals surface area contributed by atoms with Crippen LogP contribution in [0.2, 0.25) is 0 Å². The second-order valence-electron chi connectivity index (χ2n) is 7.95. The Balaban J connectivity index is 2.02. The van der Waals surface area contributed by atoms with E-state index in [0.29, 0.717) is 18.0 Å². The molecule has 5 heteroatoms. The maximum atomic E-state index is 12.8. The molecular weight excluding hydrogens is 362 g/mol. The molecule has 0 spiro atoms. The lowest BCUT2D eigenvalue weighted by atomic mass is 9.92. The Morgan fingerprint density at radius 1 is 1.31 bits per heavy atom. The maximum absolute atomic E-state index is 12.8. The van der Waals surface area contributed by atoms with E-state index in [2.05, 4.69) is 11.2 Å². The molecule has 1 heterocycles. The zero-order valence-corrected chi connectivity index (χ0v) is 17.2. The summed E-state index contributed by atoms with van der Waals surface area (Å²) in [4.78, 5) is 28.6. The van der Waals surface area contributed by atoms with Gasteiger partial charge in [-0.2, -0.15) is 0 Å². The van der Waals surface area contributed by atoms with Crippen LogP contribution in [0.1, 0.15) is 41.6 Å². The van der Waals surface area contributed by atoms with E-state index < -0.39 is 0 Å². The lowest BCUT2D eigenvalue weighted by Gasteiger charge is -2.24. The number of terminal acetylenes is 1. The van der Waals surface area contributed by atoms with Crippen molar-refractivity contribution in [3.05, 3.63) is 53.9 Å². The Morgan fingerprint density at radius 2 is 2.07 bits per heavy atom. The average Bonchev–Trinajstić information content (AvgIpc) is 3.25. The van der Waals surface area contributed by atoms with Crippen LogP contribution in [-0.4, -0.2) is 48.8 Å². The molecule has 1 unspecified atom stereocenters. The minimum atomic E-state index is -0.302. The van der Waals surface area contributed by atoms with Crippen molar-refractivity contribution in [2.24, 2.45) is 11.8 Å². The van der Waals surface area contributed by atoms with E-state index in [0.717, 1.165) is 24.0 Å². The van der Waals surface area contributed by atoms with Gasteiger partial charge in [-0.05, 0) is 54.3 Å². The number of carbonyl (C=O) groups excluding carboxylic acids is 2. The van der Waals surface area contributed by atoms with Crippen molar-refractivity contribution in [3.63, 3.8) is 0 Å². The number of nitrogens with zero attached hydrogens (tertiary/aromatic N) is 2. The highest BCUT2D eigenvalue weighted by Gasteiger charge is 2.23. The molecule has 1 atom stereocenters. The molecule has 1 N–H and O–H groups in total. The predicted molar refractivity (Wildman–Crippen MR) is 116 cm³/mol. The third-order valence-electron chi connectivity index (χ3n) is 5.57. The molecule has 152 valence electrons. The Labute approximate surface area is 173 Å². The SMILES string of the molecule is C#CC1/C=C\NCC(=O)N(CC2CCCC2)C=C1c1cccc(C(=O)N(C)C)c1. The summed E-state index contributed by atoms with van der Waals surface area (Å²) in [6.07, 6.45) is 16.2. The number of hydrogen-bond donors (Lipinski definition) is 1. The third kappa shape index (κ3) is 5.08. The number of rotatable bonds is 4. The van der Waals surface area contributed by atoms with Gasteiger partial charge in [-0.25, -0.2) is 0 Å². The van der Waals surface area contributed by atoms with Crippen molar-refractivity contribution >= 4 is 17.4 Å². The molecule has 1 fully saturated rings. The standard InChI is InChI=1S/C24H29N3O2/c1-4-19-12-13-25-15-23(28)27(16-18-8-5-6-9-18)17-22(19)20-10-7-11-21(14-20)24(29)26(2)3/h1,7,10-14,17-19,25H,5-6,8-9,15-16H2,2-3H3/b13-12-,22-17?. The monoisotopic (exact) mass is 391 g/mol. The molecule has 0 radical (unpaired) electrons. The summed E-state index contributed by atoms with van der Waals surface area (Å²) in [5, 5.41) is 3.05. The first kappa shape index (κ1) is 20.7. The van der Waals surface area contributed by atoms with Gasteiger partial charge in [0.1, 0.15) is 0 Å². The van der Waals surface area contributed by atoms with Gasteiger partial charge < -0.3 is 15.1 Å². The van der Waals surface area contributed by atoms with Gasteiger partial charge >= 0.3 is 0 Å². The van der Waals surface area contributed by atoms with Crippen LogP contribution in [0, 0.1) is 24.2 Å². The van der Waals surface area contributed by atoms with E-state index >= 15 is 0 Å². The molecule has 1 aromatic rings. The first-order valence-electron chi connectivity index (χ1n) is 10.2. The molecule has 29 heavy (non-hydrogen) atoms. The van der Waals surface area contributed by atoms with Gasteiger partial charge in [-0.3, -0.25) is 9.59 Å². The second kappa shape index (κ2) is 9.47. The van der Waals surface area contributed by atoms with Crippen LogP contribution in [0.25, 0.3) is 5.57 Å². The van der Waals surface area contributed by atoms with E-state index in [1.54, 1.807) is 31.3 Å². The van der Waals surface area contributed by atoms with Crippen LogP contribution < -0.4 is 5.32 Å². The highest BCUT2D eigenvalue weighted by atomic mass is 16.2.